The smallest absolute Gasteiger partial charge is 0.222 e. The summed E-state index contributed by atoms with van der Waals surface area (Å²) in [5.74, 6) is -0.0741. The Kier molecular flexibility index (Phi) is 1.30. The van der Waals surface area contributed by atoms with Crippen LogP contribution in [0.25, 0.3) is 0 Å². The maximum absolute atomic E-state index is 10.8. The average molecular weight is 143 g/mol. The van der Waals surface area contributed by atoms with E-state index in [-0.39, 0.29) is 11.3 Å². The molecule has 0 bridgehead atoms. The number of nitrogens with one attached hydrogen (secondary N) is 1. The van der Waals surface area contributed by atoms with Crippen molar-refractivity contribution in [3.8, 4) is 0 Å². The summed E-state index contributed by atoms with van der Waals surface area (Å²) >= 11 is 0. The van der Waals surface area contributed by atoms with Gasteiger partial charge in [0, 0.05) is 11.8 Å². The summed E-state index contributed by atoms with van der Waals surface area (Å²) in [4.78, 5) is 10.8. The summed E-state index contributed by atoms with van der Waals surface area (Å²) in [6.07, 6.45) is 0.403. The first-order valence-corrected chi connectivity index (χ1v) is 3.38. The predicted octanol–water partition coefficient (Wildman–Crippen LogP) is 0.241. The van der Waals surface area contributed by atoms with Crippen molar-refractivity contribution >= 4 is 5.91 Å². The zero-order valence-corrected chi connectivity index (χ0v) is 6.56. The molecule has 2 N–H and O–H groups in total. The van der Waals surface area contributed by atoms with Gasteiger partial charge in [-0.3, -0.25) is 4.79 Å². The summed E-state index contributed by atoms with van der Waals surface area (Å²) < 4.78 is 0. The van der Waals surface area contributed by atoms with Crippen molar-refractivity contribution in [3.05, 3.63) is 0 Å². The maximum Gasteiger partial charge on any atom is 0.222 e. The van der Waals surface area contributed by atoms with Crippen LogP contribution in [0.4, 0.5) is 0 Å². The molecule has 0 aromatic rings. The molecule has 0 unspecified atom stereocenters. The van der Waals surface area contributed by atoms with Crippen molar-refractivity contribution < 1.29 is 9.90 Å². The molecule has 3 heteroatoms. The standard InChI is InChI=1S/C7H13NO2/c1-6(2)4-5(9)8-7(6,3)10/h10H,4H2,1-3H3,(H,8,9)/t7-/m1/s1. The topological polar surface area (TPSA) is 49.3 Å². The largest absolute Gasteiger partial charge is 0.371 e. The molecule has 0 aromatic carbocycles. The molecule has 1 aliphatic rings. The third kappa shape index (κ3) is 0.904. The van der Waals surface area contributed by atoms with Crippen molar-refractivity contribution in [2.75, 3.05) is 0 Å². The average Bonchev–Trinajstić information content (AvgIpc) is 1.73. The Hall–Kier alpha value is -0.570. The fraction of sp³-hybridized carbons (Fsp3) is 0.857. The van der Waals surface area contributed by atoms with Crippen LogP contribution in [0.3, 0.4) is 0 Å². The molecule has 1 amide bonds. The van der Waals surface area contributed by atoms with Gasteiger partial charge in [0.25, 0.3) is 0 Å². The number of carbonyl (C=O) groups excluding carboxylic acids is 1. The lowest BCUT2D eigenvalue weighted by Gasteiger charge is -2.31. The lowest BCUT2D eigenvalue weighted by Crippen LogP contribution is -2.46. The Morgan fingerprint density at radius 1 is 1.50 bits per heavy atom. The minimum absolute atomic E-state index is 0.0741. The van der Waals surface area contributed by atoms with Gasteiger partial charge in [-0.25, -0.2) is 0 Å². The van der Waals surface area contributed by atoms with E-state index in [0.29, 0.717) is 6.42 Å². The Morgan fingerprint density at radius 2 is 2.00 bits per heavy atom. The first-order valence-electron chi connectivity index (χ1n) is 3.38. The van der Waals surface area contributed by atoms with Crippen LogP contribution in [0.1, 0.15) is 27.2 Å². The minimum atomic E-state index is -1.04. The van der Waals surface area contributed by atoms with E-state index in [0.717, 1.165) is 0 Å². The molecule has 58 valence electrons. The Labute approximate surface area is 60.4 Å². The van der Waals surface area contributed by atoms with Crippen LogP contribution in [0.5, 0.6) is 0 Å². The summed E-state index contributed by atoms with van der Waals surface area (Å²) in [6.45, 7) is 5.35. The van der Waals surface area contributed by atoms with Crippen molar-refractivity contribution in [1.82, 2.24) is 5.32 Å². The maximum atomic E-state index is 10.8. The molecule has 1 heterocycles. The summed E-state index contributed by atoms with van der Waals surface area (Å²) in [5, 5.41) is 12.1. The molecule has 10 heavy (non-hydrogen) atoms. The molecule has 0 radical (unpaired) electrons. The normalized spacial score (nSPS) is 37.8. The molecule has 0 aliphatic carbocycles. The monoisotopic (exact) mass is 143 g/mol. The van der Waals surface area contributed by atoms with Gasteiger partial charge >= 0.3 is 0 Å². The summed E-state index contributed by atoms with van der Waals surface area (Å²) in [5.41, 5.74) is -1.38. The van der Waals surface area contributed by atoms with E-state index >= 15 is 0 Å². The highest BCUT2D eigenvalue weighted by Crippen LogP contribution is 2.36. The summed E-state index contributed by atoms with van der Waals surface area (Å²) in [7, 11) is 0. The van der Waals surface area contributed by atoms with Gasteiger partial charge in [-0.15, -0.1) is 0 Å². The number of hydrogen-bond acceptors (Lipinski definition) is 2. The van der Waals surface area contributed by atoms with Gasteiger partial charge in [-0.05, 0) is 6.92 Å². The van der Waals surface area contributed by atoms with Crippen molar-refractivity contribution in [3.63, 3.8) is 0 Å². The second-order valence-electron chi connectivity index (χ2n) is 3.68. The van der Waals surface area contributed by atoms with Gasteiger partial charge in [-0.2, -0.15) is 0 Å². The first-order chi connectivity index (χ1) is 4.35. The highest BCUT2D eigenvalue weighted by molar-refractivity contribution is 5.80. The molecule has 1 atom stereocenters. The predicted molar refractivity (Wildman–Crippen MR) is 37.2 cm³/mol. The van der Waals surface area contributed by atoms with Crippen LogP contribution in [0, 0.1) is 5.41 Å². The fourth-order valence-corrected chi connectivity index (χ4v) is 1.06. The molecule has 0 aromatic heterocycles. The number of hydrogen-bond donors (Lipinski definition) is 2. The molecule has 3 nitrogen and oxygen atoms in total. The van der Waals surface area contributed by atoms with Crippen LogP contribution < -0.4 is 5.32 Å². The lowest BCUT2D eigenvalue weighted by molar-refractivity contribution is -0.121. The number of carbonyl (C=O) groups is 1. The fourth-order valence-electron chi connectivity index (χ4n) is 1.06. The van der Waals surface area contributed by atoms with E-state index in [2.05, 4.69) is 5.32 Å². The molecule has 0 spiro atoms. The van der Waals surface area contributed by atoms with Gasteiger partial charge in [0.05, 0.1) is 0 Å². The molecule has 1 rings (SSSR count). The third-order valence-electron chi connectivity index (χ3n) is 2.30. The highest BCUT2D eigenvalue weighted by atomic mass is 16.3. The van der Waals surface area contributed by atoms with Crippen molar-refractivity contribution in [1.29, 1.82) is 0 Å². The molecular formula is C7H13NO2. The number of amides is 1. The van der Waals surface area contributed by atoms with E-state index in [1.807, 2.05) is 13.8 Å². The second kappa shape index (κ2) is 1.72. The zero-order chi connectivity index (χ0) is 7.99. The van der Waals surface area contributed by atoms with Crippen LogP contribution in [0.15, 0.2) is 0 Å². The Balaban J connectivity index is 2.88. The Morgan fingerprint density at radius 3 is 2.10 bits per heavy atom. The number of aliphatic hydroxyl groups is 1. The van der Waals surface area contributed by atoms with Gasteiger partial charge in [0.15, 0.2) is 0 Å². The van der Waals surface area contributed by atoms with Crippen LogP contribution in [-0.4, -0.2) is 16.7 Å². The Bertz CT molecular complexity index is 154. The van der Waals surface area contributed by atoms with Gasteiger partial charge in [0.1, 0.15) is 5.72 Å². The number of rotatable bonds is 0. The van der Waals surface area contributed by atoms with Crippen LogP contribution in [-0.2, 0) is 4.79 Å². The first kappa shape index (κ1) is 7.54. The van der Waals surface area contributed by atoms with E-state index in [1.54, 1.807) is 6.92 Å². The minimum Gasteiger partial charge on any atom is -0.371 e. The van der Waals surface area contributed by atoms with Crippen LogP contribution >= 0.6 is 0 Å². The molecule has 1 saturated heterocycles. The van der Waals surface area contributed by atoms with E-state index < -0.39 is 5.72 Å². The molecule has 1 aliphatic heterocycles. The molecule has 1 fully saturated rings. The zero-order valence-electron chi connectivity index (χ0n) is 6.56. The second-order valence-corrected chi connectivity index (χ2v) is 3.68. The van der Waals surface area contributed by atoms with Gasteiger partial charge < -0.3 is 10.4 Å². The third-order valence-corrected chi connectivity index (χ3v) is 2.30. The van der Waals surface area contributed by atoms with E-state index in [1.165, 1.54) is 0 Å². The van der Waals surface area contributed by atoms with Crippen molar-refractivity contribution in [2.24, 2.45) is 5.41 Å². The van der Waals surface area contributed by atoms with Crippen LogP contribution in [0.2, 0.25) is 0 Å². The van der Waals surface area contributed by atoms with Crippen molar-refractivity contribution in [2.45, 2.75) is 32.9 Å². The molecular weight excluding hydrogens is 130 g/mol. The van der Waals surface area contributed by atoms with Gasteiger partial charge in [-0.1, -0.05) is 13.8 Å². The molecule has 0 saturated carbocycles. The summed E-state index contributed by atoms with van der Waals surface area (Å²) in [6, 6.07) is 0. The van der Waals surface area contributed by atoms with Gasteiger partial charge in [0.2, 0.25) is 5.91 Å². The quantitative estimate of drug-likeness (QED) is 0.510. The highest BCUT2D eigenvalue weighted by Gasteiger charge is 2.47. The van der Waals surface area contributed by atoms with E-state index in [9.17, 15) is 9.90 Å². The van der Waals surface area contributed by atoms with E-state index in [4.69, 9.17) is 0 Å². The SMILES string of the molecule is CC1(C)CC(=O)N[C@]1(C)O. The lowest BCUT2D eigenvalue weighted by atomic mass is 9.83.